The maximum absolute atomic E-state index is 14.3. The number of rotatable bonds is 9. The second kappa shape index (κ2) is 10.0. The summed E-state index contributed by atoms with van der Waals surface area (Å²) >= 11 is 0. The maximum atomic E-state index is 14.3. The van der Waals surface area contributed by atoms with Crippen LogP contribution in [0.3, 0.4) is 0 Å². The van der Waals surface area contributed by atoms with Gasteiger partial charge >= 0.3 is 0 Å². The third-order valence-corrected chi connectivity index (χ3v) is 4.44. The first-order chi connectivity index (χ1) is 13.3. The first kappa shape index (κ1) is 21.6. The van der Waals surface area contributed by atoms with Crippen LogP contribution in [0.15, 0.2) is 35.1 Å². The maximum Gasteiger partial charge on any atom is 0.267 e. The molecule has 0 aliphatic rings. The number of carbonyl (C=O) groups is 1. The molecule has 0 spiro atoms. The molecule has 1 amide bonds. The zero-order valence-electron chi connectivity index (χ0n) is 16.9. The number of benzene rings is 1. The van der Waals surface area contributed by atoms with Crippen LogP contribution in [-0.4, -0.2) is 28.8 Å². The predicted octanol–water partition coefficient (Wildman–Crippen LogP) is 3.39. The van der Waals surface area contributed by atoms with Crippen molar-refractivity contribution in [2.75, 3.05) is 7.11 Å². The van der Waals surface area contributed by atoms with Gasteiger partial charge in [0.25, 0.3) is 5.56 Å². The Labute approximate surface area is 164 Å². The van der Waals surface area contributed by atoms with Gasteiger partial charge in [0.2, 0.25) is 5.91 Å². The summed E-state index contributed by atoms with van der Waals surface area (Å²) in [6.45, 7) is 6.07. The highest BCUT2D eigenvalue weighted by atomic mass is 19.1. The summed E-state index contributed by atoms with van der Waals surface area (Å²) in [5.41, 5.74) is 0.0924. The Balaban J connectivity index is 2.07. The van der Waals surface area contributed by atoms with E-state index in [1.54, 1.807) is 6.07 Å². The number of ether oxygens (including phenoxy) is 1. The number of aromatic nitrogens is 2. The highest BCUT2D eigenvalue weighted by Gasteiger charge is 2.13. The molecular formula is C21H28FN3O3. The number of carbonyl (C=O) groups excluding carboxylic acids is 1. The second-order valence-corrected chi connectivity index (χ2v) is 7.35. The highest BCUT2D eigenvalue weighted by molar-refractivity contribution is 5.76. The van der Waals surface area contributed by atoms with E-state index in [0.29, 0.717) is 11.7 Å². The summed E-state index contributed by atoms with van der Waals surface area (Å²) in [6.07, 6.45) is 3.02. The van der Waals surface area contributed by atoms with Crippen molar-refractivity contribution in [2.24, 2.45) is 5.92 Å². The monoisotopic (exact) mass is 389 g/mol. The molecule has 0 saturated carbocycles. The van der Waals surface area contributed by atoms with Crippen LogP contribution >= 0.6 is 0 Å². The quantitative estimate of drug-likeness (QED) is 0.713. The molecule has 0 radical (unpaired) electrons. The largest absolute Gasteiger partial charge is 0.497 e. The number of hydrogen-bond acceptors (Lipinski definition) is 4. The molecule has 1 aromatic carbocycles. The fourth-order valence-corrected chi connectivity index (χ4v) is 2.90. The minimum Gasteiger partial charge on any atom is -0.497 e. The van der Waals surface area contributed by atoms with Gasteiger partial charge in [-0.2, -0.15) is 5.10 Å². The SMILES string of the molecule is COc1ccc(-c2ccc(=O)n(CC(=O)N[C@@H](C)CCCC(C)C)n2)c(F)c1. The van der Waals surface area contributed by atoms with Crippen molar-refractivity contribution in [1.29, 1.82) is 0 Å². The molecule has 1 N–H and O–H groups in total. The smallest absolute Gasteiger partial charge is 0.267 e. The standard InChI is InChI=1S/C21H28FN3O3/c1-14(2)6-5-7-15(3)23-20(26)13-25-21(27)11-10-19(24-25)17-9-8-16(28-4)12-18(17)22/h8-12,14-15H,5-7,13H2,1-4H3,(H,23,26)/t15-/m0/s1. The zero-order chi connectivity index (χ0) is 20.7. The van der Waals surface area contributed by atoms with Crippen molar-refractivity contribution in [2.45, 2.75) is 52.6 Å². The Hall–Kier alpha value is -2.70. The van der Waals surface area contributed by atoms with Gasteiger partial charge in [0, 0.05) is 23.7 Å². The number of halogens is 1. The number of hydrogen-bond donors (Lipinski definition) is 1. The lowest BCUT2D eigenvalue weighted by atomic mass is 10.0. The molecule has 0 fully saturated rings. The average Bonchev–Trinajstić information content (AvgIpc) is 2.63. The summed E-state index contributed by atoms with van der Waals surface area (Å²) < 4.78 is 20.3. The predicted molar refractivity (Wildman–Crippen MR) is 107 cm³/mol. The second-order valence-electron chi connectivity index (χ2n) is 7.35. The summed E-state index contributed by atoms with van der Waals surface area (Å²) in [5.74, 6) is 0.214. The molecule has 1 atom stereocenters. The van der Waals surface area contributed by atoms with Gasteiger partial charge in [-0.3, -0.25) is 9.59 Å². The molecule has 0 aliphatic heterocycles. The number of nitrogens with zero attached hydrogens (tertiary/aromatic N) is 2. The third-order valence-electron chi connectivity index (χ3n) is 4.44. The van der Waals surface area contributed by atoms with Crippen LogP contribution in [0.4, 0.5) is 4.39 Å². The summed E-state index contributed by atoms with van der Waals surface area (Å²) in [4.78, 5) is 24.3. The topological polar surface area (TPSA) is 73.2 Å². The van der Waals surface area contributed by atoms with Crippen LogP contribution in [0.1, 0.15) is 40.0 Å². The van der Waals surface area contributed by atoms with Crippen molar-refractivity contribution in [1.82, 2.24) is 15.1 Å². The lowest BCUT2D eigenvalue weighted by Crippen LogP contribution is -2.38. The van der Waals surface area contributed by atoms with E-state index in [1.165, 1.54) is 31.4 Å². The molecule has 0 unspecified atom stereocenters. The molecule has 1 heterocycles. The van der Waals surface area contributed by atoms with Gasteiger partial charge in [-0.1, -0.05) is 26.7 Å². The molecule has 152 valence electrons. The number of nitrogens with one attached hydrogen (secondary N) is 1. The zero-order valence-corrected chi connectivity index (χ0v) is 16.9. The summed E-state index contributed by atoms with van der Waals surface area (Å²) in [5, 5.41) is 7.04. The molecular weight excluding hydrogens is 361 g/mol. The van der Waals surface area contributed by atoms with E-state index in [2.05, 4.69) is 24.3 Å². The average molecular weight is 389 g/mol. The lowest BCUT2D eigenvalue weighted by molar-refractivity contribution is -0.122. The third kappa shape index (κ3) is 6.18. The minimum absolute atomic E-state index is 0.0177. The Morgan fingerprint density at radius 3 is 2.61 bits per heavy atom. The van der Waals surface area contributed by atoms with Gasteiger partial charge in [-0.15, -0.1) is 0 Å². The summed E-state index contributed by atoms with van der Waals surface area (Å²) in [7, 11) is 1.45. The molecule has 7 heteroatoms. The molecule has 0 aliphatic carbocycles. The van der Waals surface area contributed by atoms with Crippen molar-refractivity contribution in [3.05, 3.63) is 46.5 Å². The van der Waals surface area contributed by atoms with E-state index in [9.17, 15) is 14.0 Å². The Bertz CT molecular complexity index is 864. The first-order valence-corrected chi connectivity index (χ1v) is 9.51. The first-order valence-electron chi connectivity index (χ1n) is 9.51. The van der Waals surface area contributed by atoms with Crippen LogP contribution in [0.25, 0.3) is 11.3 Å². The van der Waals surface area contributed by atoms with Gasteiger partial charge < -0.3 is 10.1 Å². The van der Waals surface area contributed by atoms with Crippen LogP contribution < -0.4 is 15.6 Å². The van der Waals surface area contributed by atoms with E-state index in [4.69, 9.17) is 4.74 Å². The van der Waals surface area contributed by atoms with Crippen LogP contribution in [-0.2, 0) is 11.3 Å². The van der Waals surface area contributed by atoms with Crippen molar-refractivity contribution in [3.63, 3.8) is 0 Å². The van der Waals surface area contributed by atoms with E-state index in [-0.39, 0.29) is 29.8 Å². The fraction of sp³-hybridized carbons (Fsp3) is 0.476. The Morgan fingerprint density at radius 1 is 1.21 bits per heavy atom. The van der Waals surface area contributed by atoms with Crippen molar-refractivity contribution in [3.8, 4) is 17.0 Å². The minimum atomic E-state index is -0.514. The number of amides is 1. The molecule has 0 saturated heterocycles. The molecule has 2 aromatic rings. The van der Waals surface area contributed by atoms with Gasteiger partial charge in [0.15, 0.2) is 0 Å². The van der Waals surface area contributed by atoms with Crippen LogP contribution in [0, 0.1) is 11.7 Å². The van der Waals surface area contributed by atoms with E-state index in [1.807, 2.05) is 6.92 Å². The molecule has 28 heavy (non-hydrogen) atoms. The molecule has 6 nitrogen and oxygen atoms in total. The Kier molecular flexibility index (Phi) is 7.72. The van der Waals surface area contributed by atoms with Crippen LogP contribution in [0.5, 0.6) is 5.75 Å². The van der Waals surface area contributed by atoms with Gasteiger partial charge in [0.1, 0.15) is 18.1 Å². The summed E-state index contributed by atoms with van der Waals surface area (Å²) in [6, 6.07) is 7.13. The Morgan fingerprint density at radius 2 is 1.96 bits per heavy atom. The highest BCUT2D eigenvalue weighted by Crippen LogP contribution is 2.23. The van der Waals surface area contributed by atoms with Gasteiger partial charge in [-0.25, -0.2) is 9.07 Å². The number of methoxy groups -OCH3 is 1. The van der Waals surface area contributed by atoms with Gasteiger partial charge in [0.05, 0.1) is 12.8 Å². The lowest BCUT2D eigenvalue weighted by Gasteiger charge is -2.15. The molecule has 0 bridgehead atoms. The van der Waals surface area contributed by atoms with Gasteiger partial charge in [-0.05, 0) is 37.5 Å². The van der Waals surface area contributed by atoms with E-state index >= 15 is 0 Å². The normalized spacial score (nSPS) is 12.1. The van der Waals surface area contributed by atoms with Crippen molar-refractivity contribution >= 4 is 5.91 Å². The van der Waals surface area contributed by atoms with E-state index in [0.717, 1.165) is 23.9 Å². The van der Waals surface area contributed by atoms with Crippen LogP contribution in [0.2, 0.25) is 0 Å². The van der Waals surface area contributed by atoms with E-state index < -0.39 is 11.4 Å². The molecule has 1 aromatic heterocycles. The van der Waals surface area contributed by atoms with Crippen molar-refractivity contribution < 1.29 is 13.9 Å². The fourth-order valence-electron chi connectivity index (χ4n) is 2.90. The molecule has 2 rings (SSSR count).